The highest BCUT2D eigenvalue weighted by Gasteiger charge is 2.38. The van der Waals surface area contributed by atoms with Crippen LogP contribution in [-0.2, 0) is 4.79 Å². The molecule has 30 heavy (non-hydrogen) atoms. The van der Waals surface area contributed by atoms with Gasteiger partial charge in [0.1, 0.15) is 18.9 Å². The van der Waals surface area contributed by atoms with Gasteiger partial charge in [-0.15, -0.1) is 0 Å². The van der Waals surface area contributed by atoms with Gasteiger partial charge in [-0.2, -0.15) is 0 Å². The van der Waals surface area contributed by atoms with Crippen molar-refractivity contribution in [2.24, 2.45) is 10.7 Å². The lowest BCUT2D eigenvalue weighted by atomic mass is 10.0. The Morgan fingerprint density at radius 2 is 1.53 bits per heavy atom. The number of quaternary nitrogens is 1. The molecule has 1 aliphatic rings. The Labute approximate surface area is 184 Å². The topological polar surface area (TPSA) is 78.5 Å². The molecule has 2 atom stereocenters. The molecule has 0 fully saturated rings. The average Bonchev–Trinajstić information content (AvgIpc) is 3.10. The summed E-state index contributed by atoms with van der Waals surface area (Å²) in [5, 5.41) is 11.1. The smallest absolute Gasteiger partial charge is 0.209 e. The van der Waals surface area contributed by atoms with E-state index in [0.29, 0.717) is 0 Å². The molecule has 0 bridgehead atoms. The number of hydrogen-bond acceptors (Lipinski definition) is 4. The van der Waals surface area contributed by atoms with Gasteiger partial charge in [-0.1, -0.05) is 89.7 Å². The van der Waals surface area contributed by atoms with Crippen LogP contribution in [0.25, 0.3) is 0 Å². The van der Waals surface area contributed by atoms with Crippen LogP contribution >= 0.6 is 0 Å². The third kappa shape index (κ3) is 10.5. The van der Waals surface area contributed by atoms with E-state index in [4.69, 9.17) is 5.73 Å². The number of nitrogens with two attached hydrogens (primary N) is 1. The fourth-order valence-corrected chi connectivity index (χ4v) is 4.13. The summed E-state index contributed by atoms with van der Waals surface area (Å²) in [5.74, 6) is -0.293. The maximum atomic E-state index is 11.1. The van der Waals surface area contributed by atoms with Crippen molar-refractivity contribution >= 4 is 11.8 Å². The Balaban J connectivity index is 2.04. The first-order valence-electron chi connectivity index (χ1n) is 12.3. The molecule has 0 aromatic rings. The summed E-state index contributed by atoms with van der Waals surface area (Å²) in [7, 11) is 0. The van der Waals surface area contributed by atoms with Crippen LogP contribution in [0, 0.1) is 0 Å². The van der Waals surface area contributed by atoms with Crippen LogP contribution in [-0.4, -0.2) is 29.0 Å². The number of allylic oxidation sites excluding steroid dienone is 2. The molecule has 0 aliphatic carbocycles. The number of unbranched alkanes of at least 4 members (excludes halogenated alkanes) is 12. The fourth-order valence-electron chi connectivity index (χ4n) is 4.13. The summed E-state index contributed by atoms with van der Waals surface area (Å²) in [6, 6.07) is 0. The van der Waals surface area contributed by atoms with E-state index < -0.39 is 5.97 Å². The summed E-state index contributed by atoms with van der Waals surface area (Å²) in [6.07, 6.45) is 26.7. The molecule has 0 aromatic carbocycles. The SMILES string of the molecule is CCCCCCCCCCCCCC/C=C/CCC1=NC=C[N+]1(CC(=O)[O-])C(C)N. The Morgan fingerprint density at radius 1 is 1.00 bits per heavy atom. The van der Waals surface area contributed by atoms with Gasteiger partial charge in [-0.3, -0.25) is 5.73 Å². The zero-order chi connectivity index (χ0) is 22.1. The molecule has 0 spiro atoms. The van der Waals surface area contributed by atoms with E-state index in [1.807, 2.05) is 6.92 Å². The Morgan fingerprint density at radius 3 is 2.07 bits per heavy atom. The van der Waals surface area contributed by atoms with Gasteiger partial charge in [-0.25, -0.2) is 9.48 Å². The highest BCUT2D eigenvalue weighted by atomic mass is 16.4. The van der Waals surface area contributed by atoms with Crippen LogP contribution in [0.2, 0.25) is 0 Å². The van der Waals surface area contributed by atoms with Crippen LogP contribution in [0.15, 0.2) is 29.5 Å². The minimum Gasteiger partial charge on any atom is -0.544 e. The van der Waals surface area contributed by atoms with E-state index in [-0.39, 0.29) is 17.2 Å². The zero-order valence-corrected chi connectivity index (χ0v) is 19.5. The lowest BCUT2D eigenvalue weighted by Crippen LogP contribution is -2.60. The average molecular weight is 420 g/mol. The molecule has 1 heterocycles. The lowest BCUT2D eigenvalue weighted by Gasteiger charge is -2.36. The van der Waals surface area contributed by atoms with E-state index in [1.54, 1.807) is 12.4 Å². The number of nitrogens with zero attached hydrogens (tertiary/aromatic N) is 2. The molecule has 0 saturated carbocycles. The lowest BCUT2D eigenvalue weighted by molar-refractivity contribution is -0.808. The normalized spacial score (nSPS) is 19.5. The van der Waals surface area contributed by atoms with Crippen LogP contribution < -0.4 is 10.8 Å². The number of amidine groups is 1. The molecule has 5 heteroatoms. The van der Waals surface area contributed by atoms with Crippen LogP contribution in [0.4, 0.5) is 0 Å². The van der Waals surface area contributed by atoms with Crippen molar-refractivity contribution in [3.63, 3.8) is 0 Å². The summed E-state index contributed by atoms with van der Waals surface area (Å²) < 4.78 is 0.0783. The van der Waals surface area contributed by atoms with Crippen LogP contribution in [0.1, 0.15) is 110 Å². The van der Waals surface area contributed by atoms with Crippen molar-refractivity contribution in [2.75, 3.05) is 6.54 Å². The first kappa shape index (κ1) is 26.6. The maximum Gasteiger partial charge on any atom is 0.209 e. The van der Waals surface area contributed by atoms with Crippen LogP contribution in [0.5, 0.6) is 0 Å². The first-order valence-corrected chi connectivity index (χ1v) is 12.3. The third-order valence-corrected chi connectivity index (χ3v) is 6.08. The second-order valence-corrected chi connectivity index (χ2v) is 8.73. The molecule has 2 N–H and O–H groups in total. The van der Waals surface area contributed by atoms with Crippen molar-refractivity contribution in [1.29, 1.82) is 0 Å². The largest absolute Gasteiger partial charge is 0.544 e. The van der Waals surface area contributed by atoms with Gasteiger partial charge in [0.2, 0.25) is 5.84 Å². The Kier molecular flexibility index (Phi) is 14.4. The molecule has 0 saturated heterocycles. The summed E-state index contributed by atoms with van der Waals surface area (Å²) in [6.45, 7) is 3.93. The minimum atomic E-state index is -1.10. The number of aliphatic carboxylic acids is 1. The summed E-state index contributed by atoms with van der Waals surface area (Å²) >= 11 is 0. The highest BCUT2D eigenvalue weighted by molar-refractivity contribution is 5.81. The number of aliphatic imine (C=N–C) groups is 1. The molecule has 0 radical (unpaired) electrons. The zero-order valence-electron chi connectivity index (χ0n) is 19.5. The van der Waals surface area contributed by atoms with Crippen LogP contribution in [0.3, 0.4) is 0 Å². The summed E-state index contributed by atoms with van der Waals surface area (Å²) in [4.78, 5) is 15.5. The fraction of sp³-hybridized carbons (Fsp3) is 0.760. The molecule has 0 aromatic heterocycles. The standard InChI is InChI=1S/C25H45N3O2/c1-3-4-5-6-7-8-9-10-11-12-13-14-15-16-17-18-19-24-27-20-21-28(24,23(2)26)22-25(29)30/h16-17,20-21,23H,3-15,18-19,22,26H2,1-2H3/b17-16+. The molecule has 1 rings (SSSR count). The van der Waals surface area contributed by atoms with Crippen molar-refractivity contribution in [3.05, 3.63) is 24.6 Å². The molecule has 5 nitrogen and oxygen atoms in total. The third-order valence-electron chi connectivity index (χ3n) is 6.08. The second kappa shape index (κ2) is 16.3. The molecular formula is C25H45N3O2. The Bertz CT molecular complexity index is 555. The van der Waals surface area contributed by atoms with Gasteiger partial charge in [0.25, 0.3) is 0 Å². The molecule has 0 amide bonds. The quantitative estimate of drug-likeness (QED) is 0.178. The number of carboxylic acid groups (broad SMARTS) is 1. The maximum absolute atomic E-state index is 11.1. The van der Waals surface area contributed by atoms with Gasteiger partial charge in [0.05, 0.1) is 12.2 Å². The molecule has 172 valence electrons. The van der Waals surface area contributed by atoms with E-state index in [1.165, 1.54) is 77.0 Å². The molecule has 2 unspecified atom stereocenters. The van der Waals surface area contributed by atoms with Crippen molar-refractivity contribution < 1.29 is 14.4 Å². The monoisotopic (exact) mass is 419 g/mol. The number of carbonyl (C=O) groups excluding carboxylic acids is 1. The Hall–Kier alpha value is -1.46. The first-order chi connectivity index (χ1) is 14.5. The van der Waals surface area contributed by atoms with Gasteiger partial charge in [-0.05, 0) is 19.3 Å². The van der Waals surface area contributed by atoms with Crippen molar-refractivity contribution in [2.45, 2.75) is 116 Å². The van der Waals surface area contributed by atoms with Crippen molar-refractivity contribution in [3.8, 4) is 0 Å². The molecule has 1 aliphatic heterocycles. The number of rotatable bonds is 19. The molecular weight excluding hydrogens is 374 g/mol. The second-order valence-electron chi connectivity index (χ2n) is 8.73. The van der Waals surface area contributed by atoms with Gasteiger partial charge >= 0.3 is 0 Å². The minimum absolute atomic E-state index is 0.0783. The van der Waals surface area contributed by atoms with E-state index in [0.717, 1.165) is 25.1 Å². The van der Waals surface area contributed by atoms with E-state index in [9.17, 15) is 9.90 Å². The number of carboxylic acids is 1. The number of carbonyl (C=O) groups is 1. The van der Waals surface area contributed by atoms with Crippen molar-refractivity contribution in [1.82, 2.24) is 0 Å². The predicted octanol–water partition coefficient (Wildman–Crippen LogP) is 5.17. The number of hydrogen-bond donors (Lipinski definition) is 1. The van der Waals surface area contributed by atoms with Gasteiger partial charge in [0.15, 0.2) is 0 Å². The highest BCUT2D eigenvalue weighted by Crippen LogP contribution is 2.22. The van der Waals surface area contributed by atoms with Gasteiger partial charge < -0.3 is 9.90 Å². The predicted molar refractivity (Wildman–Crippen MR) is 124 cm³/mol. The van der Waals surface area contributed by atoms with Gasteiger partial charge in [0, 0.05) is 13.3 Å². The van der Waals surface area contributed by atoms with E-state index >= 15 is 0 Å². The summed E-state index contributed by atoms with van der Waals surface area (Å²) in [5.41, 5.74) is 6.06. The van der Waals surface area contributed by atoms with E-state index in [2.05, 4.69) is 24.1 Å².